The topological polar surface area (TPSA) is 277 Å². The lowest BCUT2D eigenvalue weighted by Gasteiger charge is -2.33. The molecular formula is C49H52FN5O15P2. The highest BCUT2D eigenvalue weighted by Gasteiger charge is 2.46. The average Bonchev–Trinajstić information content (AvgIpc) is 3.91. The Morgan fingerprint density at radius 2 is 1.64 bits per heavy atom. The molecule has 20 nitrogen and oxygen atoms in total. The van der Waals surface area contributed by atoms with Crippen molar-refractivity contribution in [3.8, 4) is 22.9 Å². The number of phosphoric acid groups is 2. The summed E-state index contributed by atoms with van der Waals surface area (Å²) >= 11 is 0. The summed E-state index contributed by atoms with van der Waals surface area (Å²) in [6, 6.07) is 10.4. The number of nitrogens with one attached hydrogen (secondary N) is 1. The Kier molecular flexibility index (Phi) is 12.5. The number of cyclic esters (lactones) is 1. The number of benzene rings is 3. The van der Waals surface area contributed by atoms with Crippen molar-refractivity contribution < 1.29 is 71.1 Å². The van der Waals surface area contributed by atoms with Crippen LogP contribution < -0.4 is 19.9 Å². The van der Waals surface area contributed by atoms with Crippen molar-refractivity contribution in [2.75, 3.05) is 13.1 Å². The zero-order chi connectivity index (χ0) is 51.3. The third kappa shape index (κ3) is 8.99. The van der Waals surface area contributed by atoms with E-state index in [0.29, 0.717) is 78.7 Å². The summed E-state index contributed by atoms with van der Waals surface area (Å²) in [5.74, 6) is -3.28. The minimum Gasteiger partial charge on any atom is -0.458 e. The van der Waals surface area contributed by atoms with Gasteiger partial charge in [-0.2, -0.15) is 0 Å². The van der Waals surface area contributed by atoms with E-state index >= 15 is 4.39 Å². The van der Waals surface area contributed by atoms with E-state index in [2.05, 4.69) is 10.2 Å². The molecular weight excluding hydrogens is 980 g/mol. The Hall–Kier alpha value is -6.02. The van der Waals surface area contributed by atoms with Crippen LogP contribution in [0.3, 0.4) is 0 Å². The Morgan fingerprint density at radius 1 is 0.931 bits per heavy atom. The molecule has 0 spiro atoms. The molecule has 5 aromatic rings. The van der Waals surface area contributed by atoms with Crippen molar-refractivity contribution >= 4 is 44.5 Å². The molecule has 0 bridgehead atoms. The van der Waals surface area contributed by atoms with Gasteiger partial charge in [-0.3, -0.25) is 34.1 Å². The molecule has 2 aromatic heterocycles. The van der Waals surface area contributed by atoms with E-state index in [1.165, 1.54) is 21.6 Å². The first kappa shape index (κ1) is 49.6. The number of piperidine rings is 1. The number of aryl methyl sites for hydroxylation is 1. The fourth-order valence-electron chi connectivity index (χ4n) is 10.9. The van der Waals surface area contributed by atoms with E-state index in [4.69, 9.17) is 23.5 Å². The Morgan fingerprint density at radius 3 is 2.33 bits per heavy atom. The molecule has 2 atom stereocenters. The Balaban J connectivity index is 0.809. The van der Waals surface area contributed by atoms with Gasteiger partial charge in [0, 0.05) is 61.4 Å². The summed E-state index contributed by atoms with van der Waals surface area (Å²) in [6.45, 7) is 8.69. The number of carbonyl (C=O) groups excluding carboxylic acids is 3. The van der Waals surface area contributed by atoms with E-state index in [0.717, 1.165) is 33.9 Å². The molecule has 10 rings (SSSR count). The smallest absolute Gasteiger partial charge is 0.458 e. The molecule has 6 heterocycles. The number of amides is 2. The summed E-state index contributed by atoms with van der Waals surface area (Å²) in [7, 11) is -10.3. The van der Waals surface area contributed by atoms with Crippen LogP contribution in [0.15, 0.2) is 47.3 Å². The number of halogens is 1. The van der Waals surface area contributed by atoms with Crippen molar-refractivity contribution in [2.45, 2.75) is 116 Å². The molecule has 1 saturated heterocycles. The van der Waals surface area contributed by atoms with Gasteiger partial charge in [0.1, 0.15) is 30.0 Å². The van der Waals surface area contributed by atoms with Crippen LogP contribution in [0.2, 0.25) is 0 Å². The third-order valence-electron chi connectivity index (χ3n) is 14.6. The number of aromatic nitrogens is 2. The van der Waals surface area contributed by atoms with Crippen LogP contribution in [-0.2, 0) is 68.2 Å². The highest BCUT2D eigenvalue weighted by Crippen LogP contribution is 2.49. The van der Waals surface area contributed by atoms with Gasteiger partial charge in [-0.1, -0.05) is 39.0 Å². The normalized spacial score (nSPS) is 19.7. The van der Waals surface area contributed by atoms with Crippen LogP contribution in [0.5, 0.6) is 11.5 Å². The highest BCUT2D eigenvalue weighted by atomic mass is 31.2. The minimum atomic E-state index is -5.23. The van der Waals surface area contributed by atoms with E-state index in [1.807, 2.05) is 18.2 Å². The van der Waals surface area contributed by atoms with Gasteiger partial charge in [-0.05, 0) is 96.0 Å². The number of hydrogen-bond acceptors (Lipinski definition) is 13. The maximum Gasteiger partial charge on any atom is 0.524 e. The molecule has 6 N–H and O–H groups in total. The number of rotatable bonds is 11. The minimum absolute atomic E-state index is 0.0245. The first-order valence-corrected chi connectivity index (χ1v) is 26.7. The van der Waals surface area contributed by atoms with Gasteiger partial charge in [-0.25, -0.2) is 28.1 Å². The van der Waals surface area contributed by atoms with Crippen LogP contribution in [0.25, 0.3) is 22.3 Å². The fraction of sp³-hybridized carbons (Fsp3) is 0.408. The fourth-order valence-corrected chi connectivity index (χ4v) is 11.8. The van der Waals surface area contributed by atoms with Crippen LogP contribution in [0.1, 0.15) is 124 Å². The van der Waals surface area contributed by atoms with E-state index in [-0.39, 0.29) is 66.8 Å². The lowest BCUT2D eigenvalue weighted by molar-refractivity contribution is -0.172. The molecule has 23 heteroatoms. The van der Waals surface area contributed by atoms with Gasteiger partial charge < -0.3 is 38.4 Å². The van der Waals surface area contributed by atoms with Gasteiger partial charge in [0.05, 0.1) is 40.6 Å². The second kappa shape index (κ2) is 18.2. The zero-order valence-corrected chi connectivity index (χ0v) is 41.4. The molecule has 2 amide bonds. The monoisotopic (exact) mass is 1030 g/mol. The Labute approximate surface area is 411 Å². The number of pyridine rings is 2. The van der Waals surface area contributed by atoms with Crippen molar-refractivity contribution in [3.05, 3.63) is 120 Å². The first-order chi connectivity index (χ1) is 34.0. The van der Waals surface area contributed by atoms with Gasteiger partial charge in [0.25, 0.3) is 11.5 Å². The van der Waals surface area contributed by atoms with Gasteiger partial charge >= 0.3 is 27.7 Å². The van der Waals surface area contributed by atoms with E-state index in [9.17, 15) is 53.0 Å². The second-order valence-corrected chi connectivity index (χ2v) is 21.7. The summed E-state index contributed by atoms with van der Waals surface area (Å²) in [5.41, 5.74) is 4.37. The number of carbonyl (C=O) groups is 3. The molecule has 1 aliphatic carbocycles. The maximum atomic E-state index is 15.4. The van der Waals surface area contributed by atoms with Gasteiger partial charge in [0.15, 0.2) is 5.60 Å². The second-order valence-electron chi connectivity index (χ2n) is 19.4. The first-order valence-electron chi connectivity index (χ1n) is 23.6. The quantitative estimate of drug-likeness (QED) is 0.0629. The highest BCUT2D eigenvalue weighted by molar-refractivity contribution is 7.47. The summed E-state index contributed by atoms with van der Waals surface area (Å²) in [4.78, 5) is 101. The van der Waals surface area contributed by atoms with Gasteiger partial charge in [0.2, 0.25) is 0 Å². The van der Waals surface area contributed by atoms with Crippen LogP contribution in [0.4, 0.5) is 9.18 Å². The summed E-state index contributed by atoms with van der Waals surface area (Å²) in [5, 5.41) is 15.2. The number of nitrogens with zero attached hydrogens (tertiary/aromatic N) is 4. The molecule has 0 unspecified atom stereocenters. The SMILES string of the molecule is CC[C@@]1(O)C(=O)OCc2c1cc1n(c2=O)Cc2c-1nc1cc(F)c(C)c3c1c2[C@@H](NC(=O)OC1CCN(Cc2ccc4c(c2)CN(C(=O)c2cc(C(C)C)c(OP(=O)(O)O)cc2OP(=O)(O)O)C4)CC1)CC3. The summed E-state index contributed by atoms with van der Waals surface area (Å²) < 4.78 is 61.5. The summed E-state index contributed by atoms with van der Waals surface area (Å²) in [6.07, 6.45) is 0.962. The van der Waals surface area contributed by atoms with Crippen molar-refractivity contribution in [1.82, 2.24) is 24.7 Å². The molecule has 4 aliphatic heterocycles. The van der Waals surface area contributed by atoms with Crippen molar-refractivity contribution in [2.24, 2.45) is 0 Å². The number of phosphoric ester groups is 2. The predicted octanol–water partition coefficient (Wildman–Crippen LogP) is 6.13. The predicted molar refractivity (Wildman–Crippen MR) is 254 cm³/mol. The number of esters is 1. The molecule has 5 aliphatic rings. The number of aliphatic hydroxyl groups is 1. The average molecular weight is 1030 g/mol. The van der Waals surface area contributed by atoms with Crippen molar-refractivity contribution in [1.29, 1.82) is 0 Å². The van der Waals surface area contributed by atoms with Crippen LogP contribution in [-0.4, -0.2) is 81.2 Å². The van der Waals surface area contributed by atoms with Crippen LogP contribution in [0, 0.1) is 12.7 Å². The lowest BCUT2D eigenvalue weighted by Crippen LogP contribution is -2.44. The largest absolute Gasteiger partial charge is 0.524 e. The van der Waals surface area contributed by atoms with Crippen molar-refractivity contribution in [3.63, 3.8) is 0 Å². The standard InChI is InChI=1S/C49H52FN5O15P2/c1-5-49(60)35-16-39-44-33(22-55(39)46(57)34(35)23-67-47(49)58)43-37(9-8-30-25(4)36(50)17-38(51-44)42(30)43)52-48(59)68-29-10-12-53(13-11-29)19-26-6-7-27-20-54(21-28(27)14-26)45(56)32-15-31(24(2)3)40(69-71(61,62)63)18-41(32)70-72(64,65)66/h6-7,14-18,24,29,37,60H,5,8-13,19-23H2,1-4H3,(H,52,59)(H2,61,62,63)(H2,64,65,66)/t37-,49-/m0/s1. The molecule has 72 heavy (non-hydrogen) atoms. The van der Waals surface area contributed by atoms with Gasteiger partial charge in [-0.15, -0.1) is 0 Å². The number of ether oxygens (including phenoxy) is 2. The van der Waals surface area contributed by atoms with E-state index in [1.54, 1.807) is 33.8 Å². The van der Waals surface area contributed by atoms with Crippen LogP contribution >= 0.6 is 15.6 Å². The van der Waals surface area contributed by atoms with E-state index < -0.39 is 68.3 Å². The molecule has 380 valence electrons. The molecule has 3 aromatic carbocycles. The Bertz CT molecular complexity index is 3310. The number of likely N-dealkylation sites (tertiary alicyclic amines) is 1. The third-order valence-corrected chi connectivity index (χ3v) is 15.4. The lowest BCUT2D eigenvalue weighted by atomic mass is 9.81. The number of fused-ring (bicyclic) bond motifs is 6. The number of alkyl carbamates (subject to hydrolysis) is 1. The molecule has 1 fully saturated rings. The zero-order valence-electron chi connectivity index (χ0n) is 39.6. The molecule has 0 saturated carbocycles. The maximum absolute atomic E-state index is 15.4. The number of hydrogen-bond donors (Lipinski definition) is 6. The molecule has 0 radical (unpaired) electrons.